The van der Waals surface area contributed by atoms with E-state index in [1.807, 2.05) is 12.1 Å². The van der Waals surface area contributed by atoms with Crippen molar-refractivity contribution in [2.24, 2.45) is 5.73 Å². The zero-order valence-electron chi connectivity index (χ0n) is 14.2. The number of nitrogens with two attached hydrogens (primary N) is 1. The van der Waals surface area contributed by atoms with Gasteiger partial charge < -0.3 is 20.6 Å². The van der Waals surface area contributed by atoms with Gasteiger partial charge in [0.1, 0.15) is 5.75 Å². The number of phenolic OH excluding ortho intramolecular Hbond substituents is 1. The summed E-state index contributed by atoms with van der Waals surface area (Å²) >= 11 is 12.0. The lowest BCUT2D eigenvalue weighted by atomic mass is 10.0. The SMILES string of the molecule is N[C@@H](Cc1ccc(O)cc1)C(=O)N1CCN(c2ccc(Cl)c(Cl)c2)CC1. The van der Waals surface area contributed by atoms with Crippen LogP contribution in [0, 0.1) is 0 Å². The van der Waals surface area contributed by atoms with Crippen LogP contribution in [0.1, 0.15) is 5.56 Å². The molecule has 1 heterocycles. The second kappa shape index (κ2) is 8.16. The van der Waals surface area contributed by atoms with Crippen LogP contribution in [0.15, 0.2) is 42.5 Å². The van der Waals surface area contributed by atoms with Crippen LogP contribution in [0.3, 0.4) is 0 Å². The van der Waals surface area contributed by atoms with Crippen molar-refractivity contribution in [2.75, 3.05) is 31.1 Å². The van der Waals surface area contributed by atoms with Crippen molar-refractivity contribution in [3.8, 4) is 5.75 Å². The lowest BCUT2D eigenvalue weighted by Gasteiger charge is -2.37. The van der Waals surface area contributed by atoms with Crippen molar-refractivity contribution in [2.45, 2.75) is 12.5 Å². The van der Waals surface area contributed by atoms with Gasteiger partial charge in [0.05, 0.1) is 16.1 Å². The summed E-state index contributed by atoms with van der Waals surface area (Å²) in [4.78, 5) is 16.6. The minimum atomic E-state index is -0.587. The van der Waals surface area contributed by atoms with E-state index in [4.69, 9.17) is 28.9 Å². The molecule has 0 saturated carbocycles. The molecule has 26 heavy (non-hydrogen) atoms. The average Bonchev–Trinajstić information content (AvgIpc) is 2.65. The van der Waals surface area contributed by atoms with Crippen LogP contribution in [-0.2, 0) is 11.2 Å². The van der Waals surface area contributed by atoms with Crippen LogP contribution in [-0.4, -0.2) is 48.1 Å². The first-order valence-electron chi connectivity index (χ1n) is 8.46. The number of aromatic hydroxyl groups is 1. The fourth-order valence-corrected chi connectivity index (χ4v) is 3.37. The van der Waals surface area contributed by atoms with E-state index in [0.717, 1.165) is 24.3 Å². The van der Waals surface area contributed by atoms with Gasteiger partial charge in [0.15, 0.2) is 0 Å². The van der Waals surface area contributed by atoms with Crippen LogP contribution in [0.25, 0.3) is 0 Å². The number of halogens is 2. The van der Waals surface area contributed by atoms with E-state index in [0.29, 0.717) is 29.6 Å². The first kappa shape index (κ1) is 18.8. The van der Waals surface area contributed by atoms with Crippen LogP contribution < -0.4 is 10.6 Å². The molecule has 1 fully saturated rings. The van der Waals surface area contributed by atoms with Crippen LogP contribution in [0.4, 0.5) is 5.69 Å². The Labute approximate surface area is 162 Å². The van der Waals surface area contributed by atoms with Gasteiger partial charge in [0.2, 0.25) is 5.91 Å². The molecule has 1 aliphatic heterocycles. The zero-order chi connectivity index (χ0) is 18.7. The van der Waals surface area contributed by atoms with Gasteiger partial charge in [-0.3, -0.25) is 4.79 Å². The van der Waals surface area contributed by atoms with Gasteiger partial charge in [0.25, 0.3) is 0 Å². The molecule has 138 valence electrons. The quantitative estimate of drug-likeness (QED) is 0.837. The van der Waals surface area contributed by atoms with Gasteiger partial charge in [-0.25, -0.2) is 0 Å². The maximum atomic E-state index is 12.6. The summed E-state index contributed by atoms with van der Waals surface area (Å²) < 4.78 is 0. The van der Waals surface area contributed by atoms with E-state index in [-0.39, 0.29) is 11.7 Å². The van der Waals surface area contributed by atoms with Crippen LogP contribution in [0.2, 0.25) is 10.0 Å². The van der Waals surface area contributed by atoms with Crippen molar-refractivity contribution in [1.82, 2.24) is 4.90 Å². The van der Waals surface area contributed by atoms with Gasteiger partial charge in [-0.05, 0) is 42.3 Å². The van der Waals surface area contributed by atoms with Crippen LogP contribution in [0.5, 0.6) is 5.75 Å². The number of amides is 1. The standard InChI is InChI=1S/C19H21Cl2N3O2/c20-16-6-3-14(12-17(16)21)23-7-9-24(10-8-23)19(26)18(22)11-13-1-4-15(25)5-2-13/h1-6,12,18,25H,7-11,22H2/t18-/m0/s1. The molecule has 1 amide bonds. The van der Waals surface area contributed by atoms with Gasteiger partial charge >= 0.3 is 0 Å². The average molecular weight is 394 g/mol. The van der Waals surface area contributed by atoms with E-state index in [2.05, 4.69) is 4.90 Å². The summed E-state index contributed by atoms with van der Waals surface area (Å²) in [6.07, 6.45) is 0.451. The lowest BCUT2D eigenvalue weighted by Crippen LogP contribution is -2.53. The Kier molecular flexibility index (Phi) is 5.91. The van der Waals surface area contributed by atoms with Crippen LogP contribution >= 0.6 is 23.2 Å². The number of rotatable bonds is 4. The minimum absolute atomic E-state index is 0.0492. The molecule has 2 aromatic carbocycles. The number of benzene rings is 2. The Balaban J connectivity index is 1.55. The molecule has 0 unspecified atom stereocenters. The van der Waals surface area contributed by atoms with E-state index < -0.39 is 6.04 Å². The fourth-order valence-electron chi connectivity index (χ4n) is 3.07. The fraction of sp³-hybridized carbons (Fsp3) is 0.316. The second-order valence-electron chi connectivity index (χ2n) is 6.39. The Hall–Kier alpha value is -1.95. The van der Waals surface area contributed by atoms with Gasteiger partial charge in [0, 0.05) is 31.9 Å². The summed E-state index contributed by atoms with van der Waals surface area (Å²) in [6, 6.07) is 11.7. The molecule has 3 N–H and O–H groups in total. The van der Waals surface area contributed by atoms with Crippen molar-refractivity contribution >= 4 is 34.8 Å². The van der Waals surface area contributed by atoms with E-state index in [1.54, 1.807) is 35.2 Å². The highest BCUT2D eigenvalue weighted by Gasteiger charge is 2.25. The predicted octanol–water partition coefficient (Wildman–Crippen LogP) is 2.92. The van der Waals surface area contributed by atoms with Gasteiger partial charge in [-0.15, -0.1) is 0 Å². The Morgan fingerprint density at radius 2 is 1.69 bits per heavy atom. The van der Waals surface area contributed by atoms with E-state index >= 15 is 0 Å². The number of phenols is 1. The Morgan fingerprint density at radius 3 is 2.31 bits per heavy atom. The highest BCUT2D eigenvalue weighted by Crippen LogP contribution is 2.27. The molecule has 0 radical (unpaired) electrons. The molecule has 0 aromatic heterocycles. The second-order valence-corrected chi connectivity index (χ2v) is 7.20. The number of piperazine rings is 1. The van der Waals surface area contributed by atoms with Gasteiger partial charge in [-0.1, -0.05) is 35.3 Å². The molecule has 3 rings (SSSR count). The highest BCUT2D eigenvalue weighted by atomic mass is 35.5. The zero-order valence-corrected chi connectivity index (χ0v) is 15.7. The minimum Gasteiger partial charge on any atom is -0.508 e. The summed E-state index contributed by atoms with van der Waals surface area (Å²) in [7, 11) is 0. The lowest BCUT2D eigenvalue weighted by molar-refractivity contribution is -0.132. The number of carbonyl (C=O) groups excluding carboxylic acids is 1. The third-order valence-corrected chi connectivity index (χ3v) is 5.31. The summed E-state index contributed by atoms with van der Waals surface area (Å²) in [5, 5.41) is 10.4. The van der Waals surface area contributed by atoms with Crippen molar-refractivity contribution in [3.05, 3.63) is 58.1 Å². The van der Waals surface area contributed by atoms with Crippen molar-refractivity contribution in [3.63, 3.8) is 0 Å². The molecule has 2 aromatic rings. The van der Waals surface area contributed by atoms with E-state index in [9.17, 15) is 9.90 Å². The maximum absolute atomic E-state index is 12.6. The Morgan fingerprint density at radius 1 is 1.04 bits per heavy atom. The molecule has 0 spiro atoms. The molecule has 0 bridgehead atoms. The number of hydrogen-bond acceptors (Lipinski definition) is 4. The topological polar surface area (TPSA) is 69.8 Å². The molecule has 5 nitrogen and oxygen atoms in total. The number of anilines is 1. The third-order valence-electron chi connectivity index (χ3n) is 4.57. The molecule has 1 atom stereocenters. The predicted molar refractivity (Wildman–Crippen MR) is 105 cm³/mol. The number of carbonyl (C=O) groups is 1. The third kappa shape index (κ3) is 4.41. The Bertz CT molecular complexity index is 775. The largest absolute Gasteiger partial charge is 0.508 e. The monoisotopic (exact) mass is 393 g/mol. The molecule has 1 saturated heterocycles. The highest BCUT2D eigenvalue weighted by molar-refractivity contribution is 6.42. The summed E-state index contributed by atoms with van der Waals surface area (Å²) in [5.41, 5.74) is 8.03. The molecular formula is C19H21Cl2N3O2. The maximum Gasteiger partial charge on any atom is 0.239 e. The van der Waals surface area contributed by atoms with E-state index in [1.165, 1.54) is 0 Å². The normalized spacial score (nSPS) is 15.8. The molecule has 0 aliphatic carbocycles. The van der Waals surface area contributed by atoms with Gasteiger partial charge in [-0.2, -0.15) is 0 Å². The summed E-state index contributed by atoms with van der Waals surface area (Å²) in [5.74, 6) is 0.152. The molecule has 7 heteroatoms. The van der Waals surface area contributed by atoms with Crippen molar-refractivity contribution in [1.29, 1.82) is 0 Å². The molecular weight excluding hydrogens is 373 g/mol. The molecule has 1 aliphatic rings. The summed E-state index contributed by atoms with van der Waals surface area (Å²) in [6.45, 7) is 2.66. The number of nitrogens with zero attached hydrogens (tertiary/aromatic N) is 2. The smallest absolute Gasteiger partial charge is 0.239 e. The first-order chi connectivity index (χ1) is 12.4. The first-order valence-corrected chi connectivity index (χ1v) is 9.22. The van der Waals surface area contributed by atoms with Crippen molar-refractivity contribution < 1.29 is 9.90 Å². The number of hydrogen-bond donors (Lipinski definition) is 2.